The molecule has 0 amide bonds. The van der Waals surface area contributed by atoms with Gasteiger partial charge in [-0.3, -0.25) is 14.6 Å². The maximum Gasteiger partial charge on any atom is 0.308 e. The number of nitrogens with zero attached hydrogens (tertiary/aromatic N) is 2. The number of unbranched alkanes of at least 4 members (excludes halogenated alkanes) is 3. The highest BCUT2D eigenvalue weighted by atomic mass is 16.6. The first-order valence-electron chi connectivity index (χ1n) is 20.8. The molecule has 2 aliphatic heterocycles. The lowest BCUT2D eigenvalue weighted by Gasteiger charge is -2.60. The van der Waals surface area contributed by atoms with Gasteiger partial charge in [0.2, 0.25) is 0 Å². The monoisotopic (exact) mass is 724 g/mol. The highest BCUT2D eigenvalue weighted by molar-refractivity contribution is 5.72. The third kappa shape index (κ3) is 6.80. The molecular formula is C48H56N2O4. The number of aliphatic hydroxyl groups is 1. The minimum Gasteiger partial charge on any atom is -0.484 e. The highest BCUT2D eigenvalue weighted by Gasteiger charge is 2.66. The second kappa shape index (κ2) is 15.3. The third-order valence-corrected chi connectivity index (χ3v) is 13.8. The molecule has 7 atom stereocenters. The van der Waals surface area contributed by atoms with Crippen LogP contribution < -0.4 is 9.47 Å². The van der Waals surface area contributed by atoms with Crippen molar-refractivity contribution in [2.24, 2.45) is 11.8 Å². The predicted octanol–water partition coefficient (Wildman–Crippen LogP) is 8.34. The summed E-state index contributed by atoms with van der Waals surface area (Å²) in [4.78, 5) is 18.0. The van der Waals surface area contributed by atoms with E-state index in [0.717, 1.165) is 76.9 Å². The van der Waals surface area contributed by atoms with Crippen molar-refractivity contribution in [1.29, 1.82) is 0 Å². The molecule has 5 aliphatic rings. The van der Waals surface area contributed by atoms with Gasteiger partial charge in [0.05, 0.1) is 6.10 Å². The minimum absolute atomic E-state index is 0.0107. The Kier molecular flexibility index (Phi) is 10.1. The van der Waals surface area contributed by atoms with Crippen LogP contribution in [-0.2, 0) is 23.1 Å². The molecule has 1 N–H and O–H groups in total. The molecule has 54 heavy (non-hydrogen) atoms. The van der Waals surface area contributed by atoms with E-state index in [0.29, 0.717) is 23.6 Å². The Morgan fingerprint density at radius 2 is 1.59 bits per heavy atom. The largest absolute Gasteiger partial charge is 0.484 e. The molecule has 6 nitrogen and oxygen atoms in total. The van der Waals surface area contributed by atoms with E-state index in [1.165, 1.54) is 54.0 Å². The number of aryl methyl sites for hydroxylation is 1. The number of esters is 1. The van der Waals surface area contributed by atoms with Crippen molar-refractivity contribution in [3.8, 4) is 11.5 Å². The van der Waals surface area contributed by atoms with Crippen molar-refractivity contribution in [1.82, 2.24) is 9.80 Å². The number of rotatable bonds is 15. The van der Waals surface area contributed by atoms with Gasteiger partial charge in [0.25, 0.3) is 0 Å². The molecule has 2 heterocycles. The van der Waals surface area contributed by atoms with Crippen LogP contribution in [0, 0.1) is 11.8 Å². The van der Waals surface area contributed by atoms with Gasteiger partial charge in [0.15, 0.2) is 11.5 Å². The summed E-state index contributed by atoms with van der Waals surface area (Å²) in [6.07, 6.45) is 11.0. The molecule has 1 saturated heterocycles. The van der Waals surface area contributed by atoms with Crippen LogP contribution in [0.2, 0.25) is 0 Å². The molecule has 3 aliphatic carbocycles. The zero-order valence-corrected chi connectivity index (χ0v) is 31.8. The minimum atomic E-state index is -0.302. The Morgan fingerprint density at radius 3 is 2.28 bits per heavy atom. The van der Waals surface area contributed by atoms with E-state index in [4.69, 9.17) is 9.47 Å². The Morgan fingerprint density at radius 1 is 0.907 bits per heavy atom. The quantitative estimate of drug-likeness (QED) is 0.0756. The molecule has 0 radical (unpaired) electrons. The molecule has 0 aromatic heterocycles. The van der Waals surface area contributed by atoms with E-state index in [1.807, 2.05) is 6.07 Å². The fourth-order valence-electron chi connectivity index (χ4n) is 11.2. The van der Waals surface area contributed by atoms with Gasteiger partial charge in [0, 0.05) is 54.9 Å². The summed E-state index contributed by atoms with van der Waals surface area (Å²) in [5.41, 5.74) is 6.72. The lowest BCUT2D eigenvalue weighted by molar-refractivity contribution is -0.132. The van der Waals surface area contributed by atoms with Crippen LogP contribution in [-0.4, -0.2) is 71.3 Å². The third-order valence-electron chi connectivity index (χ3n) is 13.8. The maximum atomic E-state index is 12.4. The van der Waals surface area contributed by atoms with Crippen LogP contribution in [0.3, 0.4) is 0 Å². The zero-order chi connectivity index (χ0) is 36.6. The number of piperidine rings is 1. The molecular weight excluding hydrogens is 669 g/mol. The average molecular weight is 725 g/mol. The Balaban J connectivity index is 1.04. The molecule has 4 aromatic carbocycles. The van der Waals surface area contributed by atoms with Crippen molar-refractivity contribution in [2.75, 3.05) is 26.2 Å². The van der Waals surface area contributed by atoms with Crippen molar-refractivity contribution in [3.63, 3.8) is 0 Å². The fourth-order valence-corrected chi connectivity index (χ4v) is 11.2. The van der Waals surface area contributed by atoms with E-state index in [1.54, 1.807) is 0 Å². The zero-order valence-electron chi connectivity index (χ0n) is 31.8. The molecule has 2 saturated carbocycles. The Bertz CT molecular complexity index is 1860. The van der Waals surface area contributed by atoms with Crippen molar-refractivity contribution >= 4 is 5.97 Å². The summed E-state index contributed by atoms with van der Waals surface area (Å²) >= 11 is 0. The lowest BCUT2D eigenvalue weighted by Crippen LogP contribution is -2.69. The molecule has 3 fully saturated rings. The van der Waals surface area contributed by atoms with E-state index in [-0.39, 0.29) is 35.6 Å². The van der Waals surface area contributed by atoms with Gasteiger partial charge in [-0.15, -0.1) is 0 Å². The van der Waals surface area contributed by atoms with E-state index in [9.17, 15) is 9.90 Å². The van der Waals surface area contributed by atoms with Gasteiger partial charge in [-0.1, -0.05) is 110 Å². The SMILES string of the molecule is CC(=O)Oc1ccc2c3c1O[C@H]1[C@H](N(CCCCCCc4ccccc4)CC(c4ccccc4)c4ccccc4)CC[C@H]4[C@@H](C2)N(CC2CC2O)CC[C@@]341. The number of hydrogen-bond acceptors (Lipinski definition) is 6. The topological polar surface area (TPSA) is 62.2 Å². The molecule has 282 valence electrons. The molecule has 2 bridgehead atoms. The van der Waals surface area contributed by atoms with Gasteiger partial charge in [-0.05, 0) is 98.7 Å². The van der Waals surface area contributed by atoms with Crippen LogP contribution in [0.1, 0.15) is 92.0 Å². The van der Waals surface area contributed by atoms with Gasteiger partial charge in [-0.2, -0.15) is 0 Å². The number of ether oxygens (including phenoxy) is 2. The predicted molar refractivity (Wildman–Crippen MR) is 213 cm³/mol. The summed E-state index contributed by atoms with van der Waals surface area (Å²) in [6.45, 7) is 5.47. The standard InChI is InChI=1S/C48H56N2O4/c1-33(51)53-44-25-22-37-29-42-40-23-24-41(47-48(40,45(37)46(44)54-47)26-28-50(42)31-38-30-43(38)52)49(27-14-3-2-7-15-34-16-8-4-9-17-34)32-39(35-18-10-5-11-19-35)36-20-12-6-13-21-36/h4-6,8-13,16-22,25,38-43,47,52H,2-3,7,14-15,23-24,26-32H2,1H3/t38?,40-,41+,42+,43?,47-,48-/m0/s1. The van der Waals surface area contributed by atoms with Crippen LogP contribution >= 0.6 is 0 Å². The summed E-state index contributed by atoms with van der Waals surface area (Å²) in [5.74, 6) is 2.24. The van der Waals surface area contributed by atoms with Crippen LogP contribution in [0.25, 0.3) is 0 Å². The fraction of sp³-hybridized carbons (Fsp3) is 0.479. The second-order valence-corrected chi connectivity index (χ2v) is 16.9. The van der Waals surface area contributed by atoms with Crippen LogP contribution in [0.4, 0.5) is 0 Å². The van der Waals surface area contributed by atoms with Crippen LogP contribution in [0.15, 0.2) is 103 Å². The number of benzene rings is 4. The van der Waals surface area contributed by atoms with Gasteiger partial charge >= 0.3 is 5.97 Å². The van der Waals surface area contributed by atoms with E-state index in [2.05, 4.69) is 107 Å². The normalized spacial score (nSPS) is 27.8. The molecule has 4 aromatic rings. The Labute approximate surface area is 321 Å². The summed E-state index contributed by atoms with van der Waals surface area (Å²) < 4.78 is 13.3. The summed E-state index contributed by atoms with van der Waals surface area (Å²) in [5, 5.41) is 10.3. The van der Waals surface area contributed by atoms with Crippen molar-refractivity contribution < 1.29 is 19.4 Å². The maximum absolute atomic E-state index is 12.4. The molecule has 2 unspecified atom stereocenters. The summed E-state index contributed by atoms with van der Waals surface area (Å²) in [6, 6.07) is 37.9. The van der Waals surface area contributed by atoms with E-state index >= 15 is 0 Å². The van der Waals surface area contributed by atoms with E-state index < -0.39 is 0 Å². The first-order chi connectivity index (χ1) is 26.5. The second-order valence-electron chi connectivity index (χ2n) is 16.9. The van der Waals surface area contributed by atoms with Gasteiger partial charge in [0.1, 0.15) is 6.10 Å². The number of carbonyl (C=O) groups excluding carboxylic acids is 1. The number of hydrogen-bond donors (Lipinski definition) is 1. The molecule has 1 spiro atoms. The molecule has 9 rings (SSSR count). The number of carbonyl (C=O) groups is 1. The van der Waals surface area contributed by atoms with Gasteiger partial charge in [-0.25, -0.2) is 0 Å². The highest BCUT2D eigenvalue weighted by Crippen LogP contribution is 2.64. The lowest BCUT2D eigenvalue weighted by atomic mass is 9.51. The average Bonchev–Trinajstić information content (AvgIpc) is 3.78. The van der Waals surface area contributed by atoms with Crippen molar-refractivity contribution in [2.45, 2.75) is 107 Å². The Hall–Kier alpha value is -3.97. The van der Waals surface area contributed by atoms with Crippen molar-refractivity contribution in [3.05, 3.63) is 131 Å². The van der Waals surface area contributed by atoms with Crippen LogP contribution in [0.5, 0.6) is 11.5 Å². The first kappa shape index (κ1) is 35.7. The first-order valence-corrected chi connectivity index (χ1v) is 20.8. The number of likely N-dealkylation sites (tertiary alicyclic amines) is 1. The molecule has 6 heteroatoms. The summed E-state index contributed by atoms with van der Waals surface area (Å²) in [7, 11) is 0. The van der Waals surface area contributed by atoms with Gasteiger partial charge < -0.3 is 14.6 Å². The smallest absolute Gasteiger partial charge is 0.308 e. The number of aliphatic hydroxyl groups excluding tert-OH is 1.